The van der Waals surface area contributed by atoms with Gasteiger partial charge in [-0.2, -0.15) is 0 Å². The molecule has 0 aromatic heterocycles. The summed E-state index contributed by atoms with van der Waals surface area (Å²) in [6.07, 6.45) is 5.53. The van der Waals surface area contributed by atoms with Crippen molar-refractivity contribution in [1.82, 2.24) is 0 Å². The number of aliphatic hydroxyl groups excluding tert-OH is 1. The summed E-state index contributed by atoms with van der Waals surface area (Å²) < 4.78 is 10.3. The van der Waals surface area contributed by atoms with Crippen LogP contribution in [0.4, 0.5) is 0 Å². The van der Waals surface area contributed by atoms with Crippen molar-refractivity contribution < 1.29 is 14.6 Å². The molecule has 0 aromatic carbocycles. The average molecular weight is 172 g/mol. The Hall–Kier alpha value is -0.120. The summed E-state index contributed by atoms with van der Waals surface area (Å²) in [6.45, 7) is 0.266. The highest BCUT2D eigenvalue weighted by molar-refractivity contribution is 4.78. The number of ether oxygens (including phenoxy) is 2. The molecule has 2 aliphatic rings. The second kappa shape index (κ2) is 3.73. The SMILES string of the molecule is O[C@@H]1OCO[C@@H]1C1CCCCC1. The molecule has 1 aliphatic carbocycles. The third kappa shape index (κ3) is 1.63. The van der Waals surface area contributed by atoms with E-state index in [-0.39, 0.29) is 12.9 Å². The Balaban J connectivity index is 1.89. The number of hydrogen-bond acceptors (Lipinski definition) is 3. The molecule has 0 bridgehead atoms. The van der Waals surface area contributed by atoms with Gasteiger partial charge in [0.2, 0.25) is 0 Å². The van der Waals surface area contributed by atoms with E-state index in [1.54, 1.807) is 0 Å². The normalized spacial score (nSPS) is 38.8. The molecule has 1 heterocycles. The smallest absolute Gasteiger partial charge is 0.184 e. The molecular formula is C9H16O3. The van der Waals surface area contributed by atoms with Crippen molar-refractivity contribution >= 4 is 0 Å². The van der Waals surface area contributed by atoms with E-state index in [2.05, 4.69) is 0 Å². The summed E-state index contributed by atoms with van der Waals surface area (Å²) in [5.74, 6) is 0.524. The zero-order chi connectivity index (χ0) is 8.39. The van der Waals surface area contributed by atoms with Crippen LogP contribution in [0.3, 0.4) is 0 Å². The lowest BCUT2D eigenvalue weighted by molar-refractivity contribution is -0.0778. The monoisotopic (exact) mass is 172 g/mol. The fourth-order valence-electron chi connectivity index (χ4n) is 2.20. The Morgan fingerprint density at radius 1 is 1.00 bits per heavy atom. The van der Waals surface area contributed by atoms with E-state index in [0.717, 1.165) is 0 Å². The lowest BCUT2D eigenvalue weighted by Crippen LogP contribution is -2.31. The first-order valence-electron chi connectivity index (χ1n) is 4.79. The van der Waals surface area contributed by atoms with Crippen LogP contribution in [-0.4, -0.2) is 24.3 Å². The van der Waals surface area contributed by atoms with E-state index in [1.807, 2.05) is 0 Å². The third-order valence-electron chi connectivity index (χ3n) is 2.89. The molecule has 1 saturated carbocycles. The lowest BCUT2D eigenvalue weighted by Gasteiger charge is -2.27. The molecule has 2 fully saturated rings. The maximum atomic E-state index is 9.39. The predicted octanol–water partition coefficient (Wildman–Crippen LogP) is 1.26. The van der Waals surface area contributed by atoms with Gasteiger partial charge in [-0.15, -0.1) is 0 Å². The van der Waals surface area contributed by atoms with E-state index < -0.39 is 6.29 Å². The van der Waals surface area contributed by atoms with Gasteiger partial charge in [0, 0.05) is 0 Å². The molecule has 3 nitrogen and oxygen atoms in total. The summed E-state index contributed by atoms with van der Waals surface area (Å²) in [5, 5.41) is 9.39. The van der Waals surface area contributed by atoms with Crippen molar-refractivity contribution in [3.63, 3.8) is 0 Å². The first-order chi connectivity index (χ1) is 5.88. The fraction of sp³-hybridized carbons (Fsp3) is 1.00. The van der Waals surface area contributed by atoms with Crippen LogP contribution >= 0.6 is 0 Å². The van der Waals surface area contributed by atoms with Crippen LogP contribution in [0, 0.1) is 5.92 Å². The first-order valence-corrected chi connectivity index (χ1v) is 4.79. The molecule has 0 unspecified atom stereocenters. The highest BCUT2D eigenvalue weighted by atomic mass is 16.8. The van der Waals surface area contributed by atoms with Crippen LogP contribution in [0.5, 0.6) is 0 Å². The standard InChI is InChI=1S/C9H16O3/c10-9-8(11-6-12-9)7-4-2-1-3-5-7/h7-10H,1-6H2/t8-,9-/m1/s1. The van der Waals surface area contributed by atoms with E-state index in [0.29, 0.717) is 5.92 Å². The minimum absolute atomic E-state index is 0.0506. The van der Waals surface area contributed by atoms with Crippen molar-refractivity contribution in [3.8, 4) is 0 Å². The van der Waals surface area contributed by atoms with Gasteiger partial charge in [-0.3, -0.25) is 0 Å². The van der Waals surface area contributed by atoms with Crippen molar-refractivity contribution in [2.75, 3.05) is 6.79 Å². The van der Waals surface area contributed by atoms with Crippen molar-refractivity contribution in [2.24, 2.45) is 5.92 Å². The maximum absolute atomic E-state index is 9.39. The van der Waals surface area contributed by atoms with Gasteiger partial charge in [-0.1, -0.05) is 19.3 Å². The van der Waals surface area contributed by atoms with E-state index in [9.17, 15) is 5.11 Å². The first kappa shape index (κ1) is 8.48. The maximum Gasteiger partial charge on any atom is 0.184 e. The van der Waals surface area contributed by atoms with E-state index in [1.165, 1.54) is 32.1 Å². The molecule has 0 amide bonds. The van der Waals surface area contributed by atoms with Crippen LogP contribution in [-0.2, 0) is 9.47 Å². The molecule has 1 saturated heterocycles. The van der Waals surface area contributed by atoms with Gasteiger partial charge in [-0.25, -0.2) is 0 Å². The van der Waals surface area contributed by atoms with Gasteiger partial charge in [-0.05, 0) is 18.8 Å². The van der Waals surface area contributed by atoms with Crippen LogP contribution in [0.1, 0.15) is 32.1 Å². The Labute approximate surface area is 72.7 Å². The third-order valence-corrected chi connectivity index (χ3v) is 2.89. The van der Waals surface area contributed by atoms with Crippen LogP contribution in [0.2, 0.25) is 0 Å². The Kier molecular flexibility index (Phi) is 2.63. The molecule has 2 rings (SSSR count). The largest absolute Gasteiger partial charge is 0.366 e. The van der Waals surface area contributed by atoms with Crippen LogP contribution in [0.15, 0.2) is 0 Å². The fourth-order valence-corrected chi connectivity index (χ4v) is 2.20. The molecule has 1 N–H and O–H groups in total. The van der Waals surface area contributed by atoms with Crippen molar-refractivity contribution in [1.29, 1.82) is 0 Å². The molecular weight excluding hydrogens is 156 g/mol. The summed E-state index contributed by atoms with van der Waals surface area (Å²) in [7, 11) is 0. The lowest BCUT2D eigenvalue weighted by atomic mass is 9.85. The Bertz CT molecular complexity index is 143. The van der Waals surface area contributed by atoms with Gasteiger partial charge in [0.25, 0.3) is 0 Å². The van der Waals surface area contributed by atoms with Gasteiger partial charge < -0.3 is 14.6 Å². The quantitative estimate of drug-likeness (QED) is 0.647. The number of rotatable bonds is 1. The molecule has 1 aliphatic heterocycles. The molecule has 3 heteroatoms. The predicted molar refractivity (Wildman–Crippen MR) is 43.4 cm³/mol. The second-order valence-corrected chi connectivity index (χ2v) is 3.70. The van der Waals surface area contributed by atoms with Gasteiger partial charge in [0.15, 0.2) is 13.1 Å². The summed E-state index contributed by atoms with van der Waals surface area (Å²) >= 11 is 0. The van der Waals surface area contributed by atoms with E-state index in [4.69, 9.17) is 9.47 Å². The minimum atomic E-state index is -0.673. The van der Waals surface area contributed by atoms with Crippen molar-refractivity contribution in [3.05, 3.63) is 0 Å². The summed E-state index contributed by atoms with van der Waals surface area (Å²) in [4.78, 5) is 0. The van der Waals surface area contributed by atoms with E-state index >= 15 is 0 Å². The molecule has 0 aromatic rings. The van der Waals surface area contributed by atoms with Gasteiger partial charge in [0.05, 0.1) is 0 Å². The van der Waals surface area contributed by atoms with Gasteiger partial charge >= 0.3 is 0 Å². The zero-order valence-corrected chi connectivity index (χ0v) is 7.24. The number of hydrogen-bond donors (Lipinski definition) is 1. The Morgan fingerprint density at radius 2 is 1.75 bits per heavy atom. The zero-order valence-electron chi connectivity index (χ0n) is 7.24. The molecule has 0 spiro atoms. The molecule has 12 heavy (non-hydrogen) atoms. The van der Waals surface area contributed by atoms with Crippen LogP contribution in [0.25, 0.3) is 0 Å². The molecule has 2 atom stereocenters. The topological polar surface area (TPSA) is 38.7 Å². The molecule has 0 radical (unpaired) electrons. The highest BCUT2D eigenvalue weighted by Crippen LogP contribution is 2.31. The van der Waals surface area contributed by atoms with Crippen molar-refractivity contribution in [2.45, 2.75) is 44.5 Å². The van der Waals surface area contributed by atoms with Gasteiger partial charge in [0.1, 0.15) is 6.10 Å². The number of aliphatic hydroxyl groups is 1. The second-order valence-electron chi connectivity index (χ2n) is 3.70. The summed E-state index contributed by atoms with van der Waals surface area (Å²) in [6, 6.07) is 0. The summed E-state index contributed by atoms with van der Waals surface area (Å²) in [5.41, 5.74) is 0. The van der Waals surface area contributed by atoms with Crippen LogP contribution < -0.4 is 0 Å². The molecule has 70 valence electrons. The Morgan fingerprint density at radius 3 is 2.33 bits per heavy atom. The minimum Gasteiger partial charge on any atom is -0.366 e. The average Bonchev–Trinajstić information content (AvgIpc) is 2.53. The highest BCUT2D eigenvalue weighted by Gasteiger charge is 2.34.